The zero-order valence-corrected chi connectivity index (χ0v) is 16.1. The molecule has 0 saturated heterocycles. The molecule has 0 radical (unpaired) electrons. The van der Waals surface area contributed by atoms with E-state index in [-0.39, 0.29) is 18.2 Å². The topological polar surface area (TPSA) is 86.1 Å². The lowest BCUT2D eigenvalue weighted by Crippen LogP contribution is -2.27. The Morgan fingerprint density at radius 2 is 2.00 bits per heavy atom. The fourth-order valence-corrected chi connectivity index (χ4v) is 3.67. The highest BCUT2D eigenvalue weighted by Crippen LogP contribution is 2.19. The standard InChI is InChI=1S/C19H16N4O2S2/c1-23(11-14-6-4-13(10-20)5-7-14)17(24)9-15-12-27-19(21-15)22-18(25)16-3-2-8-26-16/h2-8,12H,9,11H2,1H3,(H,21,22,25). The molecule has 0 fully saturated rings. The summed E-state index contributed by atoms with van der Waals surface area (Å²) in [4.78, 5) is 31.0. The van der Waals surface area contributed by atoms with Gasteiger partial charge in [-0.15, -0.1) is 22.7 Å². The highest BCUT2D eigenvalue weighted by Gasteiger charge is 2.14. The number of aromatic nitrogens is 1. The first-order valence-electron chi connectivity index (χ1n) is 8.07. The minimum Gasteiger partial charge on any atom is -0.341 e. The summed E-state index contributed by atoms with van der Waals surface area (Å²) in [6.07, 6.45) is 0.165. The Morgan fingerprint density at radius 1 is 1.22 bits per heavy atom. The molecular weight excluding hydrogens is 380 g/mol. The maximum absolute atomic E-state index is 12.4. The summed E-state index contributed by atoms with van der Waals surface area (Å²) < 4.78 is 0. The Labute approximate surface area is 164 Å². The van der Waals surface area contributed by atoms with E-state index >= 15 is 0 Å². The lowest BCUT2D eigenvalue weighted by atomic mass is 10.1. The van der Waals surface area contributed by atoms with Gasteiger partial charge in [0.25, 0.3) is 5.91 Å². The van der Waals surface area contributed by atoms with Gasteiger partial charge in [-0.25, -0.2) is 4.98 Å². The molecule has 1 aromatic carbocycles. The number of carbonyl (C=O) groups excluding carboxylic acids is 2. The van der Waals surface area contributed by atoms with E-state index in [0.29, 0.717) is 27.8 Å². The van der Waals surface area contributed by atoms with Crippen molar-refractivity contribution >= 4 is 39.6 Å². The average Bonchev–Trinajstić information content (AvgIpc) is 3.34. The number of likely N-dealkylation sites (N-methyl/N-ethyl adjacent to an activating group) is 1. The number of nitrogens with zero attached hydrogens (tertiary/aromatic N) is 3. The largest absolute Gasteiger partial charge is 0.341 e. The lowest BCUT2D eigenvalue weighted by molar-refractivity contribution is -0.129. The SMILES string of the molecule is CN(Cc1ccc(C#N)cc1)C(=O)Cc1csc(NC(=O)c2cccs2)n1. The van der Waals surface area contributed by atoms with Gasteiger partial charge < -0.3 is 4.90 Å². The van der Waals surface area contributed by atoms with Crippen LogP contribution in [-0.4, -0.2) is 28.7 Å². The Kier molecular flexibility index (Phi) is 5.96. The summed E-state index contributed by atoms with van der Waals surface area (Å²) in [5.41, 5.74) is 2.16. The predicted octanol–water partition coefficient (Wildman–Crippen LogP) is 3.53. The van der Waals surface area contributed by atoms with Crippen molar-refractivity contribution in [3.63, 3.8) is 0 Å². The number of thiazole rings is 1. The first-order valence-corrected chi connectivity index (χ1v) is 9.83. The van der Waals surface area contributed by atoms with E-state index in [1.807, 2.05) is 23.6 Å². The van der Waals surface area contributed by atoms with Crippen molar-refractivity contribution in [3.05, 3.63) is 68.9 Å². The summed E-state index contributed by atoms with van der Waals surface area (Å²) in [5.74, 6) is -0.268. The number of carbonyl (C=O) groups is 2. The third-order valence-electron chi connectivity index (χ3n) is 3.78. The number of rotatable bonds is 6. The number of nitriles is 1. The van der Waals surface area contributed by atoms with Gasteiger partial charge in [0, 0.05) is 19.0 Å². The fourth-order valence-electron chi connectivity index (χ4n) is 2.35. The number of thiophene rings is 1. The van der Waals surface area contributed by atoms with Gasteiger partial charge in [-0.1, -0.05) is 18.2 Å². The van der Waals surface area contributed by atoms with E-state index in [4.69, 9.17) is 5.26 Å². The Hall–Kier alpha value is -3.02. The quantitative estimate of drug-likeness (QED) is 0.691. The third kappa shape index (κ3) is 5.00. The maximum atomic E-state index is 12.4. The lowest BCUT2D eigenvalue weighted by Gasteiger charge is -2.16. The van der Waals surface area contributed by atoms with Gasteiger partial charge in [0.05, 0.1) is 28.6 Å². The number of hydrogen-bond acceptors (Lipinski definition) is 6. The van der Waals surface area contributed by atoms with Crippen LogP contribution in [0.3, 0.4) is 0 Å². The van der Waals surface area contributed by atoms with Gasteiger partial charge in [0.2, 0.25) is 5.91 Å². The average molecular weight is 396 g/mol. The van der Waals surface area contributed by atoms with Crippen LogP contribution < -0.4 is 5.32 Å². The molecule has 0 bridgehead atoms. The minimum atomic E-state index is -0.199. The zero-order valence-electron chi connectivity index (χ0n) is 14.5. The molecular formula is C19H16N4O2S2. The molecule has 0 spiro atoms. The summed E-state index contributed by atoms with van der Waals surface area (Å²) in [6.45, 7) is 0.455. The molecule has 27 heavy (non-hydrogen) atoms. The minimum absolute atomic E-state index is 0.0687. The second-order valence-electron chi connectivity index (χ2n) is 5.81. The number of nitrogens with one attached hydrogen (secondary N) is 1. The molecule has 0 saturated carbocycles. The van der Waals surface area contributed by atoms with Crippen LogP contribution in [0.5, 0.6) is 0 Å². The van der Waals surface area contributed by atoms with Gasteiger partial charge in [-0.05, 0) is 29.1 Å². The molecule has 0 aliphatic heterocycles. The Balaban J connectivity index is 1.55. The van der Waals surface area contributed by atoms with Crippen LogP contribution in [0.25, 0.3) is 0 Å². The van der Waals surface area contributed by atoms with Crippen LogP contribution in [0.4, 0.5) is 5.13 Å². The van der Waals surface area contributed by atoms with Gasteiger partial charge in [0.15, 0.2) is 5.13 Å². The van der Waals surface area contributed by atoms with Crippen molar-refractivity contribution in [1.29, 1.82) is 5.26 Å². The van der Waals surface area contributed by atoms with Crippen LogP contribution in [0.1, 0.15) is 26.5 Å². The monoisotopic (exact) mass is 396 g/mol. The van der Waals surface area contributed by atoms with Gasteiger partial charge >= 0.3 is 0 Å². The maximum Gasteiger partial charge on any atom is 0.267 e. The molecule has 0 aliphatic rings. The molecule has 136 valence electrons. The molecule has 0 aliphatic carbocycles. The number of benzene rings is 1. The number of anilines is 1. The second-order valence-corrected chi connectivity index (χ2v) is 7.62. The van der Waals surface area contributed by atoms with E-state index in [2.05, 4.69) is 16.4 Å². The molecule has 6 nitrogen and oxygen atoms in total. The van der Waals surface area contributed by atoms with Crippen LogP contribution in [0, 0.1) is 11.3 Å². The van der Waals surface area contributed by atoms with Gasteiger partial charge in [0.1, 0.15) is 0 Å². The molecule has 2 heterocycles. The first-order chi connectivity index (χ1) is 13.0. The van der Waals surface area contributed by atoms with Crippen molar-refractivity contribution in [2.45, 2.75) is 13.0 Å². The Bertz CT molecular complexity index is 972. The zero-order chi connectivity index (χ0) is 19.2. The van der Waals surface area contributed by atoms with E-state index in [1.165, 1.54) is 22.7 Å². The van der Waals surface area contributed by atoms with Crippen LogP contribution in [0.15, 0.2) is 47.2 Å². The molecule has 2 amide bonds. The third-order valence-corrected chi connectivity index (χ3v) is 5.45. The van der Waals surface area contributed by atoms with Crippen molar-refractivity contribution in [3.8, 4) is 6.07 Å². The van der Waals surface area contributed by atoms with E-state index in [1.54, 1.807) is 35.5 Å². The van der Waals surface area contributed by atoms with Crippen LogP contribution in [0.2, 0.25) is 0 Å². The van der Waals surface area contributed by atoms with E-state index in [0.717, 1.165) is 5.56 Å². The van der Waals surface area contributed by atoms with Crippen molar-refractivity contribution < 1.29 is 9.59 Å². The number of hydrogen-bond donors (Lipinski definition) is 1. The molecule has 0 unspecified atom stereocenters. The van der Waals surface area contributed by atoms with Crippen LogP contribution >= 0.6 is 22.7 Å². The molecule has 8 heteroatoms. The van der Waals surface area contributed by atoms with Crippen molar-refractivity contribution in [1.82, 2.24) is 9.88 Å². The summed E-state index contributed by atoms with van der Waals surface area (Å²) in [5, 5.41) is 15.7. The molecule has 0 atom stereocenters. The van der Waals surface area contributed by atoms with Crippen molar-refractivity contribution in [2.75, 3.05) is 12.4 Å². The predicted molar refractivity (Wildman–Crippen MR) is 106 cm³/mol. The van der Waals surface area contributed by atoms with E-state index in [9.17, 15) is 9.59 Å². The highest BCUT2D eigenvalue weighted by molar-refractivity contribution is 7.14. The molecule has 1 N–H and O–H groups in total. The fraction of sp³-hybridized carbons (Fsp3) is 0.158. The highest BCUT2D eigenvalue weighted by atomic mass is 32.1. The van der Waals surface area contributed by atoms with Crippen LogP contribution in [-0.2, 0) is 17.8 Å². The molecule has 3 rings (SSSR count). The number of amides is 2. The first kappa shape index (κ1) is 18.8. The van der Waals surface area contributed by atoms with Gasteiger partial charge in [-0.3, -0.25) is 14.9 Å². The van der Waals surface area contributed by atoms with E-state index < -0.39 is 0 Å². The Morgan fingerprint density at radius 3 is 2.67 bits per heavy atom. The van der Waals surface area contributed by atoms with Gasteiger partial charge in [-0.2, -0.15) is 5.26 Å². The smallest absolute Gasteiger partial charge is 0.267 e. The molecule has 2 aromatic heterocycles. The second kappa shape index (κ2) is 8.58. The summed E-state index contributed by atoms with van der Waals surface area (Å²) >= 11 is 2.66. The summed E-state index contributed by atoms with van der Waals surface area (Å²) in [7, 11) is 1.73. The van der Waals surface area contributed by atoms with Crippen molar-refractivity contribution in [2.24, 2.45) is 0 Å². The normalized spacial score (nSPS) is 10.2. The molecule has 3 aromatic rings. The summed E-state index contributed by atoms with van der Waals surface area (Å²) in [6, 6.07) is 12.8.